The highest BCUT2D eigenvalue weighted by atomic mass is 16.3. The summed E-state index contributed by atoms with van der Waals surface area (Å²) >= 11 is 0. The molecule has 25 heavy (non-hydrogen) atoms. The molecule has 0 aliphatic carbocycles. The summed E-state index contributed by atoms with van der Waals surface area (Å²) in [5, 5.41) is 29.3. The first kappa shape index (κ1) is 16.3. The van der Waals surface area contributed by atoms with E-state index in [0.717, 1.165) is 6.07 Å². The van der Waals surface area contributed by atoms with Crippen LogP contribution in [-0.2, 0) is 0 Å². The number of nitrogens with zero attached hydrogens (tertiary/aromatic N) is 1. The number of rotatable bonds is 4. The molecule has 0 heterocycles. The van der Waals surface area contributed by atoms with Gasteiger partial charge in [0.25, 0.3) is 0 Å². The molecule has 0 aliphatic rings. The van der Waals surface area contributed by atoms with Gasteiger partial charge in [0.05, 0.1) is 11.3 Å². The van der Waals surface area contributed by atoms with Crippen molar-refractivity contribution in [2.75, 3.05) is 0 Å². The van der Waals surface area contributed by atoms with Crippen molar-refractivity contribution in [2.45, 2.75) is 0 Å². The maximum Gasteiger partial charge on any atom is 0.196 e. The molecule has 5 nitrogen and oxygen atoms in total. The smallest absolute Gasteiger partial charge is 0.196 e. The maximum absolute atomic E-state index is 12.5. The Kier molecular flexibility index (Phi) is 4.48. The number of hydrogen-bond acceptors (Lipinski definition) is 5. The van der Waals surface area contributed by atoms with Crippen molar-refractivity contribution < 1.29 is 20.1 Å². The van der Waals surface area contributed by atoms with E-state index in [1.165, 1.54) is 24.4 Å². The van der Waals surface area contributed by atoms with E-state index in [1.54, 1.807) is 42.5 Å². The number of ketones is 1. The van der Waals surface area contributed by atoms with Crippen molar-refractivity contribution in [3.8, 4) is 17.2 Å². The van der Waals surface area contributed by atoms with Crippen LogP contribution in [0.2, 0.25) is 0 Å². The van der Waals surface area contributed by atoms with Crippen molar-refractivity contribution in [3.63, 3.8) is 0 Å². The van der Waals surface area contributed by atoms with E-state index in [-0.39, 0.29) is 28.6 Å². The minimum atomic E-state index is -0.350. The molecule has 0 aromatic heterocycles. The molecule has 3 rings (SSSR count). The van der Waals surface area contributed by atoms with Crippen LogP contribution in [0, 0.1) is 0 Å². The van der Waals surface area contributed by atoms with Gasteiger partial charge in [0.2, 0.25) is 0 Å². The molecule has 0 atom stereocenters. The minimum absolute atomic E-state index is 0.0798. The Morgan fingerprint density at radius 2 is 1.52 bits per heavy atom. The minimum Gasteiger partial charge on any atom is -0.508 e. The Morgan fingerprint density at radius 1 is 0.840 bits per heavy atom. The fraction of sp³-hybridized carbons (Fsp3) is 0. The monoisotopic (exact) mass is 333 g/mol. The molecule has 0 aliphatic heterocycles. The van der Waals surface area contributed by atoms with Crippen molar-refractivity contribution in [2.24, 2.45) is 4.99 Å². The lowest BCUT2D eigenvalue weighted by atomic mass is 10.00. The number of aromatic hydroxyl groups is 3. The Morgan fingerprint density at radius 3 is 2.20 bits per heavy atom. The van der Waals surface area contributed by atoms with Crippen molar-refractivity contribution >= 4 is 17.7 Å². The van der Waals surface area contributed by atoms with Gasteiger partial charge in [0.15, 0.2) is 5.78 Å². The van der Waals surface area contributed by atoms with Gasteiger partial charge in [-0.1, -0.05) is 30.3 Å². The highest BCUT2D eigenvalue weighted by molar-refractivity contribution is 6.11. The fourth-order valence-electron chi connectivity index (χ4n) is 2.31. The summed E-state index contributed by atoms with van der Waals surface area (Å²) in [5.74, 6) is -0.711. The average Bonchev–Trinajstić information content (AvgIpc) is 2.62. The lowest BCUT2D eigenvalue weighted by Gasteiger charge is -2.07. The molecule has 0 fully saturated rings. The molecule has 0 amide bonds. The zero-order valence-electron chi connectivity index (χ0n) is 13.1. The third kappa shape index (κ3) is 3.67. The van der Waals surface area contributed by atoms with Crippen LogP contribution in [0.15, 0.2) is 71.7 Å². The molecule has 3 N–H and O–H groups in total. The highest BCUT2D eigenvalue weighted by Gasteiger charge is 2.16. The highest BCUT2D eigenvalue weighted by Crippen LogP contribution is 2.29. The number of hydrogen-bond donors (Lipinski definition) is 3. The van der Waals surface area contributed by atoms with E-state index in [0.29, 0.717) is 16.8 Å². The molecule has 3 aromatic rings. The Labute approximate surface area is 144 Å². The maximum atomic E-state index is 12.5. The average molecular weight is 333 g/mol. The van der Waals surface area contributed by atoms with Gasteiger partial charge in [-0.15, -0.1) is 0 Å². The normalized spacial score (nSPS) is 10.9. The van der Waals surface area contributed by atoms with Gasteiger partial charge in [0, 0.05) is 23.4 Å². The third-order valence-electron chi connectivity index (χ3n) is 3.63. The Bertz CT molecular complexity index is 932. The topological polar surface area (TPSA) is 90.1 Å². The molecule has 124 valence electrons. The van der Waals surface area contributed by atoms with Crippen LogP contribution < -0.4 is 0 Å². The zero-order valence-corrected chi connectivity index (χ0v) is 13.1. The molecule has 3 aromatic carbocycles. The van der Waals surface area contributed by atoms with E-state index in [9.17, 15) is 20.1 Å². The predicted octanol–water partition coefficient (Wildman–Crippen LogP) is 3.79. The number of carbonyl (C=O) groups excluding carboxylic acids is 1. The van der Waals surface area contributed by atoms with Crippen LogP contribution in [0.5, 0.6) is 17.2 Å². The summed E-state index contributed by atoms with van der Waals surface area (Å²) < 4.78 is 0. The summed E-state index contributed by atoms with van der Waals surface area (Å²) in [6, 6.07) is 17.3. The molecule has 0 saturated heterocycles. The first-order valence-electron chi connectivity index (χ1n) is 7.53. The molecule has 0 saturated carbocycles. The number of benzene rings is 3. The van der Waals surface area contributed by atoms with E-state index in [4.69, 9.17) is 0 Å². The van der Waals surface area contributed by atoms with Gasteiger partial charge >= 0.3 is 0 Å². The molecular formula is C20H15NO4. The second kappa shape index (κ2) is 6.88. The largest absolute Gasteiger partial charge is 0.508 e. The Hall–Kier alpha value is -3.60. The van der Waals surface area contributed by atoms with Crippen LogP contribution in [0.25, 0.3) is 0 Å². The van der Waals surface area contributed by atoms with Gasteiger partial charge in [-0.25, -0.2) is 0 Å². The van der Waals surface area contributed by atoms with Crippen molar-refractivity contribution in [3.05, 3.63) is 83.4 Å². The molecular weight excluding hydrogens is 318 g/mol. The molecule has 5 heteroatoms. The standard InChI is InChI=1S/C20H15NO4/c22-16-8-6-15(7-9-16)21-12-14-10-17(19(24)11-18(14)23)20(25)13-4-2-1-3-5-13/h1-12,22-24H. The number of phenolic OH excluding ortho intramolecular Hbond substituents is 3. The SMILES string of the molecule is O=C(c1ccccc1)c1cc(C=Nc2ccc(O)cc2)c(O)cc1O. The summed E-state index contributed by atoms with van der Waals surface area (Å²) in [7, 11) is 0. The zero-order chi connectivity index (χ0) is 17.8. The molecule has 0 unspecified atom stereocenters. The quantitative estimate of drug-likeness (QED) is 0.500. The van der Waals surface area contributed by atoms with Gasteiger partial charge in [-0.2, -0.15) is 0 Å². The lowest BCUT2D eigenvalue weighted by Crippen LogP contribution is -2.02. The van der Waals surface area contributed by atoms with Crippen LogP contribution in [0.1, 0.15) is 21.5 Å². The fourth-order valence-corrected chi connectivity index (χ4v) is 2.31. The second-order valence-corrected chi connectivity index (χ2v) is 5.40. The van der Waals surface area contributed by atoms with Crippen LogP contribution >= 0.6 is 0 Å². The van der Waals surface area contributed by atoms with Crippen LogP contribution in [0.4, 0.5) is 5.69 Å². The van der Waals surface area contributed by atoms with E-state index < -0.39 is 0 Å². The summed E-state index contributed by atoms with van der Waals surface area (Å²) in [6.07, 6.45) is 1.39. The Balaban J connectivity index is 1.95. The van der Waals surface area contributed by atoms with Gasteiger partial charge in [-0.05, 0) is 30.3 Å². The van der Waals surface area contributed by atoms with E-state index in [1.807, 2.05) is 0 Å². The van der Waals surface area contributed by atoms with Crippen LogP contribution in [0.3, 0.4) is 0 Å². The summed E-state index contributed by atoms with van der Waals surface area (Å²) in [4.78, 5) is 16.7. The van der Waals surface area contributed by atoms with Crippen LogP contribution in [-0.4, -0.2) is 27.3 Å². The third-order valence-corrected chi connectivity index (χ3v) is 3.63. The predicted molar refractivity (Wildman–Crippen MR) is 95.0 cm³/mol. The van der Waals surface area contributed by atoms with Crippen molar-refractivity contribution in [1.29, 1.82) is 0 Å². The second-order valence-electron chi connectivity index (χ2n) is 5.40. The summed E-state index contributed by atoms with van der Waals surface area (Å²) in [5.41, 5.74) is 1.38. The number of aliphatic imine (C=N–C) groups is 1. The summed E-state index contributed by atoms with van der Waals surface area (Å²) in [6.45, 7) is 0. The first-order chi connectivity index (χ1) is 12.0. The molecule has 0 radical (unpaired) electrons. The number of carbonyl (C=O) groups is 1. The van der Waals surface area contributed by atoms with Crippen molar-refractivity contribution in [1.82, 2.24) is 0 Å². The molecule has 0 spiro atoms. The van der Waals surface area contributed by atoms with E-state index in [2.05, 4.69) is 4.99 Å². The van der Waals surface area contributed by atoms with Gasteiger partial charge in [0.1, 0.15) is 17.2 Å². The molecule has 0 bridgehead atoms. The first-order valence-corrected chi connectivity index (χ1v) is 7.53. The van der Waals surface area contributed by atoms with Gasteiger partial charge in [-0.3, -0.25) is 9.79 Å². The lowest BCUT2D eigenvalue weighted by molar-refractivity contribution is 0.103. The van der Waals surface area contributed by atoms with E-state index >= 15 is 0 Å². The number of phenols is 3. The van der Waals surface area contributed by atoms with Gasteiger partial charge < -0.3 is 15.3 Å².